The zero-order chi connectivity index (χ0) is 17.1. The van der Waals surface area contributed by atoms with Crippen LogP contribution in [0.2, 0.25) is 0 Å². The summed E-state index contributed by atoms with van der Waals surface area (Å²) >= 11 is 0. The second-order valence-electron chi connectivity index (χ2n) is 5.37. The van der Waals surface area contributed by atoms with E-state index >= 15 is 0 Å². The maximum atomic E-state index is 11.4. The van der Waals surface area contributed by atoms with Gasteiger partial charge < -0.3 is 24.1 Å². The highest BCUT2D eigenvalue weighted by atomic mass is 16.7. The van der Waals surface area contributed by atoms with E-state index in [1.54, 1.807) is 26.4 Å². The van der Waals surface area contributed by atoms with E-state index in [4.69, 9.17) is 18.9 Å². The molecule has 0 aliphatic carbocycles. The van der Waals surface area contributed by atoms with E-state index in [2.05, 4.69) is 0 Å². The molecular formula is C18H18O6. The molecule has 0 bridgehead atoms. The number of carboxylic acid groups (broad SMARTS) is 1. The standard InChI is InChI=1S/C18H18O6/c1-21-12-5-3-11(4-6-12)13(8-18(19)20)14-7-16-17(24-10-23-16)9-15(14)22-2/h3-7,9,13H,8,10H2,1-2H3,(H,19,20)/t13-/m1/s1. The number of rotatable bonds is 6. The molecule has 126 valence electrons. The van der Waals surface area contributed by atoms with Gasteiger partial charge in [0.1, 0.15) is 11.5 Å². The molecule has 1 heterocycles. The maximum Gasteiger partial charge on any atom is 0.304 e. The van der Waals surface area contributed by atoms with E-state index in [-0.39, 0.29) is 19.1 Å². The molecule has 24 heavy (non-hydrogen) atoms. The first kappa shape index (κ1) is 16.0. The molecule has 3 rings (SSSR count). The lowest BCUT2D eigenvalue weighted by Gasteiger charge is -2.20. The number of carbonyl (C=O) groups is 1. The molecule has 1 atom stereocenters. The molecule has 0 unspecified atom stereocenters. The van der Waals surface area contributed by atoms with E-state index in [1.165, 1.54) is 0 Å². The number of fused-ring (bicyclic) bond motifs is 1. The molecule has 6 heteroatoms. The van der Waals surface area contributed by atoms with Crippen LogP contribution in [0.3, 0.4) is 0 Å². The van der Waals surface area contributed by atoms with Crippen LogP contribution in [-0.2, 0) is 4.79 Å². The first-order valence-electron chi connectivity index (χ1n) is 7.45. The topological polar surface area (TPSA) is 74.2 Å². The summed E-state index contributed by atoms with van der Waals surface area (Å²) in [6, 6.07) is 10.9. The number of methoxy groups -OCH3 is 2. The third kappa shape index (κ3) is 3.08. The van der Waals surface area contributed by atoms with Gasteiger partial charge in [0.05, 0.1) is 20.6 Å². The fourth-order valence-corrected chi connectivity index (χ4v) is 2.81. The van der Waals surface area contributed by atoms with Gasteiger partial charge in [0, 0.05) is 17.5 Å². The van der Waals surface area contributed by atoms with Gasteiger partial charge in [0.25, 0.3) is 0 Å². The zero-order valence-electron chi connectivity index (χ0n) is 13.4. The summed E-state index contributed by atoms with van der Waals surface area (Å²) in [5.74, 6) is 1.20. The van der Waals surface area contributed by atoms with Crippen molar-refractivity contribution in [3.63, 3.8) is 0 Å². The van der Waals surface area contributed by atoms with E-state index in [0.717, 1.165) is 11.1 Å². The van der Waals surface area contributed by atoms with Gasteiger partial charge in [-0.05, 0) is 23.8 Å². The summed E-state index contributed by atoms with van der Waals surface area (Å²) in [4.78, 5) is 11.4. The van der Waals surface area contributed by atoms with E-state index in [0.29, 0.717) is 23.0 Å². The van der Waals surface area contributed by atoms with E-state index < -0.39 is 5.97 Å². The summed E-state index contributed by atoms with van der Waals surface area (Å²) in [5, 5.41) is 9.34. The largest absolute Gasteiger partial charge is 0.497 e. The number of carboxylic acids is 1. The Balaban J connectivity index is 2.06. The van der Waals surface area contributed by atoms with Gasteiger partial charge in [-0.15, -0.1) is 0 Å². The number of hydrogen-bond donors (Lipinski definition) is 1. The zero-order valence-corrected chi connectivity index (χ0v) is 13.4. The van der Waals surface area contributed by atoms with Gasteiger partial charge in [-0.1, -0.05) is 12.1 Å². The lowest BCUT2D eigenvalue weighted by Crippen LogP contribution is -2.09. The summed E-state index contributed by atoms with van der Waals surface area (Å²) in [6.07, 6.45) is -0.0671. The number of hydrogen-bond acceptors (Lipinski definition) is 5. The molecule has 0 radical (unpaired) electrons. The van der Waals surface area contributed by atoms with Gasteiger partial charge in [-0.25, -0.2) is 0 Å². The molecule has 1 aliphatic rings. The molecule has 0 amide bonds. The van der Waals surface area contributed by atoms with Crippen LogP contribution in [0, 0.1) is 0 Å². The quantitative estimate of drug-likeness (QED) is 0.877. The molecule has 2 aromatic carbocycles. The summed E-state index contributed by atoms with van der Waals surface area (Å²) in [5.41, 5.74) is 1.60. The number of benzene rings is 2. The molecular weight excluding hydrogens is 312 g/mol. The fourth-order valence-electron chi connectivity index (χ4n) is 2.81. The summed E-state index contributed by atoms with van der Waals surface area (Å²) in [7, 11) is 3.14. The first-order valence-corrected chi connectivity index (χ1v) is 7.45. The Morgan fingerprint density at radius 3 is 2.38 bits per heavy atom. The average Bonchev–Trinajstić information content (AvgIpc) is 3.06. The molecule has 2 aromatic rings. The molecule has 0 fully saturated rings. The molecule has 0 saturated carbocycles. The van der Waals surface area contributed by atoms with Crippen molar-refractivity contribution < 1.29 is 28.8 Å². The second kappa shape index (κ2) is 6.70. The summed E-state index contributed by atoms with van der Waals surface area (Å²) in [6.45, 7) is 0.147. The van der Waals surface area contributed by atoms with Crippen LogP contribution < -0.4 is 18.9 Å². The smallest absolute Gasteiger partial charge is 0.304 e. The maximum absolute atomic E-state index is 11.4. The Bertz CT molecular complexity index is 738. The Kier molecular flexibility index (Phi) is 4.46. The van der Waals surface area contributed by atoms with Gasteiger partial charge in [-0.3, -0.25) is 4.79 Å². The van der Waals surface area contributed by atoms with E-state index in [1.807, 2.05) is 24.3 Å². The van der Waals surface area contributed by atoms with Crippen LogP contribution in [0.5, 0.6) is 23.0 Å². The third-order valence-corrected chi connectivity index (χ3v) is 4.00. The van der Waals surface area contributed by atoms with Crippen molar-refractivity contribution in [3.05, 3.63) is 47.5 Å². The minimum Gasteiger partial charge on any atom is -0.497 e. The minimum atomic E-state index is -0.893. The predicted molar refractivity (Wildman–Crippen MR) is 86.2 cm³/mol. The van der Waals surface area contributed by atoms with Crippen molar-refractivity contribution in [1.82, 2.24) is 0 Å². The second-order valence-corrected chi connectivity index (χ2v) is 5.37. The van der Waals surface area contributed by atoms with Crippen LogP contribution in [0.25, 0.3) is 0 Å². The number of aliphatic carboxylic acids is 1. The van der Waals surface area contributed by atoms with Gasteiger partial charge >= 0.3 is 5.97 Å². The predicted octanol–water partition coefficient (Wildman–Crippen LogP) is 3.04. The van der Waals surface area contributed by atoms with Crippen LogP contribution in [0.15, 0.2) is 36.4 Å². The van der Waals surface area contributed by atoms with Crippen LogP contribution in [-0.4, -0.2) is 32.1 Å². The third-order valence-electron chi connectivity index (χ3n) is 4.00. The highest BCUT2D eigenvalue weighted by molar-refractivity contribution is 5.70. The molecule has 1 aliphatic heterocycles. The molecule has 0 spiro atoms. The molecule has 1 N–H and O–H groups in total. The minimum absolute atomic E-state index is 0.0671. The highest BCUT2D eigenvalue weighted by Gasteiger charge is 2.26. The van der Waals surface area contributed by atoms with Crippen molar-refractivity contribution in [2.24, 2.45) is 0 Å². The lowest BCUT2D eigenvalue weighted by atomic mass is 9.87. The van der Waals surface area contributed by atoms with Gasteiger partial charge in [0.15, 0.2) is 11.5 Å². The van der Waals surface area contributed by atoms with Crippen molar-refractivity contribution in [3.8, 4) is 23.0 Å². The van der Waals surface area contributed by atoms with E-state index in [9.17, 15) is 9.90 Å². The van der Waals surface area contributed by atoms with Crippen molar-refractivity contribution in [2.45, 2.75) is 12.3 Å². The van der Waals surface area contributed by atoms with Crippen LogP contribution in [0.4, 0.5) is 0 Å². The average molecular weight is 330 g/mol. The Hall–Kier alpha value is -2.89. The van der Waals surface area contributed by atoms with Crippen molar-refractivity contribution in [1.29, 1.82) is 0 Å². The molecule has 0 saturated heterocycles. The van der Waals surface area contributed by atoms with Crippen molar-refractivity contribution >= 4 is 5.97 Å². The highest BCUT2D eigenvalue weighted by Crippen LogP contribution is 2.43. The SMILES string of the molecule is COc1ccc([C@@H](CC(=O)O)c2cc3c(cc2OC)OCO3)cc1. The Morgan fingerprint density at radius 2 is 1.79 bits per heavy atom. The van der Waals surface area contributed by atoms with Crippen LogP contribution >= 0.6 is 0 Å². The monoisotopic (exact) mass is 330 g/mol. The Morgan fingerprint density at radius 1 is 1.12 bits per heavy atom. The number of ether oxygens (including phenoxy) is 4. The van der Waals surface area contributed by atoms with Gasteiger partial charge in [-0.2, -0.15) is 0 Å². The first-order chi connectivity index (χ1) is 11.6. The Labute approximate surface area is 139 Å². The summed E-state index contributed by atoms with van der Waals surface area (Å²) < 4.78 is 21.4. The fraction of sp³-hybridized carbons (Fsp3) is 0.278. The van der Waals surface area contributed by atoms with Crippen molar-refractivity contribution in [2.75, 3.05) is 21.0 Å². The van der Waals surface area contributed by atoms with Crippen LogP contribution in [0.1, 0.15) is 23.5 Å². The molecule has 6 nitrogen and oxygen atoms in total. The normalized spacial score (nSPS) is 13.4. The lowest BCUT2D eigenvalue weighted by molar-refractivity contribution is -0.137. The van der Waals surface area contributed by atoms with Gasteiger partial charge in [0.2, 0.25) is 6.79 Å². The molecule has 0 aromatic heterocycles.